The van der Waals surface area contributed by atoms with Crippen LogP contribution in [0.5, 0.6) is 0 Å². The molecule has 3 atom stereocenters. The van der Waals surface area contributed by atoms with Crippen LogP contribution in [0.15, 0.2) is 85.5 Å². The number of nitrogens with one attached hydrogen (secondary N) is 2. The van der Waals surface area contributed by atoms with Gasteiger partial charge in [-0.05, 0) is 103 Å². The van der Waals surface area contributed by atoms with E-state index in [1.165, 1.54) is 19.3 Å². The zero-order valence-corrected chi connectivity index (χ0v) is 27.6. The molecule has 3 N–H and O–H groups in total. The van der Waals surface area contributed by atoms with Gasteiger partial charge in [-0.2, -0.15) is 0 Å². The van der Waals surface area contributed by atoms with Gasteiger partial charge >= 0.3 is 6.03 Å². The Labute approximate surface area is 279 Å². The van der Waals surface area contributed by atoms with Gasteiger partial charge in [0.1, 0.15) is 0 Å². The van der Waals surface area contributed by atoms with E-state index in [0.29, 0.717) is 6.54 Å². The number of benzene rings is 3. The summed E-state index contributed by atoms with van der Waals surface area (Å²) in [5.41, 5.74) is 6.16. The van der Waals surface area contributed by atoms with Crippen LogP contribution in [0.4, 0.5) is 4.79 Å². The Morgan fingerprint density at radius 1 is 0.894 bits per heavy atom. The molecule has 3 aromatic rings. The molecule has 7 nitrogen and oxygen atoms in total. The maximum absolute atomic E-state index is 13.1. The highest BCUT2D eigenvalue weighted by atomic mass is 16.7. The lowest BCUT2D eigenvalue weighted by atomic mass is 9.53. The number of hydrogen-bond donors (Lipinski definition) is 3. The minimum absolute atomic E-state index is 0.00630. The van der Waals surface area contributed by atoms with Crippen LogP contribution in [0.25, 0.3) is 11.1 Å². The lowest BCUT2D eigenvalue weighted by Gasteiger charge is -2.56. The summed E-state index contributed by atoms with van der Waals surface area (Å²) >= 11 is 0. The van der Waals surface area contributed by atoms with Gasteiger partial charge in [-0.15, -0.1) is 6.58 Å². The number of carbonyl (C=O) groups excluding carboxylic acids is 1. The number of aliphatic hydroxyl groups excluding tert-OH is 1. The van der Waals surface area contributed by atoms with E-state index in [1.54, 1.807) is 0 Å². The van der Waals surface area contributed by atoms with Crippen molar-refractivity contribution < 1.29 is 19.4 Å². The fraction of sp³-hybridized carbons (Fsp3) is 0.475. The van der Waals surface area contributed by atoms with E-state index in [1.807, 2.05) is 30.3 Å². The van der Waals surface area contributed by atoms with Crippen LogP contribution in [-0.2, 0) is 22.6 Å². The Balaban J connectivity index is 1.03. The molecule has 4 aliphatic carbocycles. The Kier molecular flexibility index (Phi) is 9.51. The Bertz CT molecular complexity index is 1520. The predicted octanol–water partition coefficient (Wildman–Crippen LogP) is 7.28. The van der Waals surface area contributed by atoms with E-state index < -0.39 is 6.29 Å². The first-order chi connectivity index (χ1) is 22.9. The van der Waals surface area contributed by atoms with Gasteiger partial charge in [0, 0.05) is 37.2 Å². The van der Waals surface area contributed by atoms with Crippen LogP contribution in [0, 0.1) is 17.8 Å². The molecule has 2 amide bonds. The minimum atomic E-state index is -0.522. The van der Waals surface area contributed by atoms with Crippen molar-refractivity contribution in [1.82, 2.24) is 15.5 Å². The third kappa shape index (κ3) is 7.49. The quantitative estimate of drug-likeness (QED) is 0.193. The van der Waals surface area contributed by atoms with Gasteiger partial charge in [-0.1, -0.05) is 66.7 Å². The van der Waals surface area contributed by atoms with Crippen molar-refractivity contribution in [1.29, 1.82) is 0 Å². The van der Waals surface area contributed by atoms with E-state index in [-0.39, 0.29) is 30.4 Å². The minimum Gasteiger partial charge on any atom is -0.392 e. The summed E-state index contributed by atoms with van der Waals surface area (Å²) in [4.78, 5) is 15.3. The van der Waals surface area contributed by atoms with Crippen molar-refractivity contribution in [2.75, 3.05) is 20.1 Å². The molecule has 5 fully saturated rings. The third-order valence-corrected chi connectivity index (χ3v) is 10.9. The predicted molar refractivity (Wildman–Crippen MR) is 184 cm³/mol. The summed E-state index contributed by atoms with van der Waals surface area (Å²) in [6.45, 7) is 5.94. The maximum atomic E-state index is 13.1. The van der Waals surface area contributed by atoms with Crippen LogP contribution >= 0.6 is 0 Å². The summed E-state index contributed by atoms with van der Waals surface area (Å²) in [5.74, 6) is 2.39. The summed E-state index contributed by atoms with van der Waals surface area (Å²) < 4.78 is 13.2. The van der Waals surface area contributed by atoms with Crippen LogP contribution in [-0.4, -0.2) is 47.8 Å². The van der Waals surface area contributed by atoms with Gasteiger partial charge in [0.25, 0.3) is 0 Å². The first-order valence-electron chi connectivity index (χ1n) is 17.4. The molecule has 1 aliphatic heterocycles. The second kappa shape index (κ2) is 13.9. The van der Waals surface area contributed by atoms with E-state index in [9.17, 15) is 9.90 Å². The standard InChI is InChI=1S/C40H49N3O4/c1-3-14-43(2)25-36-20-37(32-12-10-27(26-44)11-13-32)47-38(46-36)35-9-5-8-34(19-35)33-7-4-6-28(18-33)24-41-39(45)42-40-21-29-15-30(22-40)17-31(16-29)23-40/h3-13,18-19,29-31,36-38,44H,1,14-17,20-26H2,2H3,(H2,41,42,45)/t29?,30?,31?,36-,37+,38+,40?/m1/s1. The highest BCUT2D eigenvalue weighted by Crippen LogP contribution is 2.55. The second-order valence-corrected chi connectivity index (χ2v) is 14.7. The normalized spacial score (nSPS) is 29.5. The molecule has 0 spiro atoms. The van der Waals surface area contributed by atoms with Gasteiger partial charge in [0.15, 0.2) is 6.29 Å². The number of nitrogens with zero attached hydrogens (tertiary/aromatic N) is 1. The lowest BCUT2D eigenvalue weighted by Crippen LogP contribution is -2.61. The second-order valence-electron chi connectivity index (χ2n) is 14.7. The average molecular weight is 636 g/mol. The molecule has 47 heavy (non-hydrogen) atoms. The van der Waals surface area contributed by atoms with E-state index in [4.69, 9.17) is 9.47 Å². The Morgan fingerprint density at radius 3 is 2.26 bits per heavy atom. The summed E-state index contributed by atoms with van der Waals surface area (Å²) in [5, 5.41) is 16.1. The average Bonchev–Trinajstić information content (AvgIpc) is 3.07. The smallest absolute Gasteiger partial charge is 0.315 e. The fourth-order valence-corrected chi connectivity index (χ4v) is 9.13. The number of urea groups is 1. The highest BCUT2D eigenvalue weighted by Gasteiger charge is 2.51. The number of amides is 2. The number of likely N-dealkylation sites (N-methyl/N-ethyl adjacent to an activating group) is 1. The van der Waals surface area contributed by atoms with Crippen LogP contribution < -0.4 is 10.6 Å². The van der Waals surface area contributed by atoms with Gasteiger partial charge < -0.3 is 30.1 Å². The SMILES string of the molecule is C=CCN(C)C[C@H]1C[C@@H](c2ccc(CO)cc2)O[C@@H](c2cccc(-c3cccc(CNC(=O)NC45CC6CC(CC(C6)C4)C5)c3)c2)O1. The number of hydrogen-bond acceptors (Lipinski definition) is 5. The maximum Gasteiger partial charge on any atom is 0.315 e. The number of carbonyl (C=O) groups is 1. The molecule has 5 aliphatic rings. The molecule has 0 unspecified atom stereocenters. The summed E-state index contributed by atoms with van der Waals surface area (Å²) in [6.07, 6.45) is 9.50. The molecule has 0 aromatic heterocycles. The van der Waals surface area contributed by atoms with Crippen molar-refractivity contribution in [2.24, 2.45) is 17.8 Å². The van der Waals surface area contributed by atoms with Crippen LogP contribution in [0.1, 0.15) is 79.6 Å². The van der Waals surface area contributed by atoms with Gasteiger partial charge in [-0.3, -0.25) is 0 Å². The molecular weight excluding hydrogens is 586 g/mol. The zero-order valence-electron chi connectivity index (χ0n) is 27.6. The van der Waals surface area contributed by atoms with Gasteiger partial charge in [-0.25, -0.2) is 4.79 Å². The molecule has 4 bridgehead atoms. The molecule has 0 radical (unpaired) electrons. The Hall–Kier alpha value is -3.49. The first-order valence-corrected chi connectivity index (χ1v) is 17.4. The van der Waals surface area contributed by atoms with Crippen molar-refractivity contribution in [3.8, 4) is 11.1 Å². The van der Waals surface area contributed by atoms with Crippen LogP contribution in [0.2, 0.25) is 0 Å². The molecular formula is C40H49N3O4. The molecule has 1 heterocycles. The van der Waals surface area contributed by atoms with Crippen molar-refractivity contribution >= 4 is 6.03 Å². The van der Waals surface area contributed by atoms with Gasteiger partial charge in [0.2, 0.25) is 0 Å². The van der Waals surface area contributed by atoms with E-state index in [0.717, 1.165) is 89.9 Å². The number of ether oxygens (including phenoxy) is 2. The largest absolute Gasteiger partial charge is 0.392 e. The molecule has 248 valence electrons. The highest BCUT2D eigenvalue weighted by molar-refractivity contribution is 5.75. The molecule has 1 saturated heterocycles. The van der Waals surface area contributed by atoms with Crippen molar-refractivity contribution in [3.05, 3.63) is 108 Å². The zero-order chi connectivity index (χ0) is 32.4. The fourth-order valence-electron chi connectivity index (χ4n) is 9.13. The topological polar surface area (TPSA) is 83.1 Å². The monoisotopic (exact) mass is 635 g/mol. The molecule has 3 aromatic carbocycles. The lowest BCUT2D eigenvalue weighted by molar-refractivity contribution is -0.252. The van der Waals surface area contributed by atoms with Crippen LogP contribution in [0.3, 0.4) is 0 Å². The van der Waals surface area contributed by atoms with Crippen molar-refractivity contribution in [3.63, 3.8) is 0 Å². The summed E-state index contributed by atoms with van der Waals surface area (Å²) in [7, 11) is 2.08. The van der Waals surface area contributed by atoms with E-state index >= 15 is 0 Å². The third-order valence-electron chi connectivity index (χ3n) is 10.9. The molecule has 4 saturated carbocycles. The number of aliphatic hydroxyl groups is 1. The molecule has 7 heteroatoms. The number of rotatable bonds is 11. The Morgan fingerprint density at radius 2 is 1.57 bits per heavy atom. The van der Waals surface area contributed by atoms with Crippen molar-refractivity contribution in [2.45, 2.75) is 82.1 Å². The molecule has 8 rings (SSSR count). The van der Waals surface area contributed by atoms with Gasteiger partial charge in [0.05, 0.1) is 18.8 Å². The first kappa shape index (κ1) is 32.1. The van der Waals surface area contributed by atoms with E-state index in [2.05, 4.69) is 77.7 Å². The summed E-state index contributed by atoms with van der Waals surface area (Å²) in [6, 6.07) is 24.7.